The van der Waals surface area contributed by atoms with Gasteiger partial charge in [0.2, 0.25) is 0 Å². The average Bonchev–Trinajstić information content (AvgIpc) is 2.13. The summed E-state index contributed by atoms with van der Waals surface area (Å²) in [4.78, 5) is 6.50. The summed E-state index contributed by atoms with van der Waals surface area (Å²) in [5, 5.41) is 0. The third-order valence-electron chi connectivity index (χ3n) is 2.24. The monoisotopic (exact) mass is 283 g/mol. The van der Waals surface area contributed by atoms with E-state index >= 15 is 0 Å². The highest BCUT2D eigenvalue weighted by molar-refractivity contribution is 9.10. The molecule has 0 spiro atoms. The van der Waals surface area contributed by atoms with Gasteiger partial charge in [0.05, 0.1) is 5.69 Å². The van der Waals surface area contributed by atoms with Gasteiger partial charge in [-0.05, 0) is 42.8 Å². The number of anilines is 2. The predicted molar refractivity (Wildman–Crippen MR) is 73.6 cm³/mol. The molecule has 0 amide bonds. The number of nitrogens with two attached hydrogens (primary N) is 1. The van der Waals surface area contributed by atoms with Crippen molar-refractivity contribution >= 4 is 27.4 Å². The summed E-state index contributed by atoms with van der Waals surface area (Å²) in [6, 6.07) is 1.87. The van der Waals surface area contributed by atoms with Gasteiger partial charge >= 0.3 is 0 Å². The molecule has 1 aromatic rings. The van der Waals surface area contributed by atoms with Crippen molar-refractivity contribution < 1.29 is 0 Å². The first-order valence-electron chi connectivity index (χ1n) is 5.16. The van der Waals surface area contributed by atoms with Crippen molar-refractivity contribution in [3.05, 3.63) is 29.4 Å². The molecule has 0 aromatic carbocycles. The van der Waals surface area contributed by atoms with Crippen LogP contribution in [0.1, 0.15) is 20.8 Å². The number of pyridine rings is 1. The van der Waals surface area contributed by atoms with Crippen LogP contribution in [0.25, 0.3) is 0 Å². The molecule has 0 saturated carbocycles. The van der Waals surface area contributed by atoms with Crippen LogP contribution in [0, 0.1) is 0 Å². The molecular formula is C12H18BrN3. The van der Waals surface area contributed by atoms with Gasteiger partial charge < -0.3 is 10.6 Å². The molecule has 1 aromatic heterocycles. The minimum absolute atomic E-state index is 0.0386. The molecule has 3 nitrogen and oxygen atoms in total. The van der Waals surface area contributed by atoms with Gasteiger partial charge in [-0.3, -0.25) is 0 Å². The van der Waals surface area contributed by atoms with Crippen LogP contribution in [0.3, 0.4) is 0 Å². The SMILES string of the molecule is C=CCN(c1ncc(Br)cc1N)C(C)(C)C. The second-order valence-corrected chi connectivity index (χ2v) is 5.55. The zero-order valence-electron chi connectivity index (χ0n) is 10.00. The van der Waals surface area contributed by atoms with E-state index in [0.29, 0.717) is 5.69 Å². The van der Waals surface area contributed by atoms with Gasteiger partial charge in [-0.2, -0.15) is 0 Å². The lowest BCUT2D eigenvalue weighted by Crippen LogP contribution is -2.42. The first kappa shape index (κ1) is 13.0. The van der Waals surface area contributed by atoms with Crippen LogP contribution in [0.15, 0.2) is 29.4 Å². The number of nitrogen functional groups attached to an aromatic ring is 1. The van der Waals surface area contributed by atoms with Gasteiger partial charge in [0.15, 0.2) is 5.82 Å². The minimum atomic E-state index is -0.0386. The Labute approximate surface area is 105 Å². The highest BCUT2D eigenvalue weighted by atomic mass is 79.9. The molecule has 0 aliphatic heterocycles. The zero-order valence-corrected chi connectivity index (χ0v) is 11.6. The van der Waals surface area contributed by atoms with Crippen LogP contribution in [-0.4, -0.2) is 17.1 Å². The normalized spacial score (nSPS) is 11.2. The zero-order chi connectivity index (χ0) is 12.3. The Morgan fingerprint density at radius 3 is 2.62 bits per heavy atom. The topological polar surface area (TPSA) is 42.2 Å². The average molecular weight is 284 g/mol. The van der Waals surface area contributed by atoms with Crippen LogP contribution >= 0.6 is 15.9 Å². The summed E-state index contributed by atoms with van der Waals surface area (Å²) in [7, 11) is 0. The Morgan fingerprint density at radius 1 is 1.56 bits per heavy atom. The number of nitrogens with zero attached hydrogens (tertiary/aromatic N) is 2. The molecule has 0 atom stereocenters. The molecule has 88 valence electrons. The van der Waals surface area contributed by atoms with Gasteiger partial charge in [0.1, 0.15) is 0 Å². The Balaban J connectivity index is 3.16. The molecule has 4 heteroatoms. The Morgan fingerprint density at radius 2 is 2.19 bits per heavy atom. The van der Waals surface area contributed by atoms with Crippen LogP contribution in [0.4, 0.5) is 11.5 Å². The lowest BCUT2D eigenvalue weighted by molar-refractivity contribution is 0.518. The first-order valence-corrected chi connectivity index (χ1v) is 5.95. The second kappa shape index (κ2) is 4.87. The maximum Gasteiger partial charge on any atom is 0.152 e. The number of halogens is 1. The summed E-state index contributed by atoms with van der Waals surface area (Å²) in [5.41, 5.74) is 6.61. The Bertz CT molecular complexity index is 382. The van der Waals surface area contributed by atoms with E-state index in [-0.39, 0.29) is 5.54 Å². The lowest BCUT2D eigenvalue weighted by atomic mass is 10.1. The van der Waals surface area contributed by atoms with Gasteiger partial charge in [0.25, 0.3) is 0 Å². The summed E-state index contributed by atoms with van der Waals surface area (Å²) in [6.07, 6.45) is 3.61. The lowest BCUT2D eigenvalue weighted by Gasteiger charge is -2.36. The van der Waals surface area contributed by atoms with Crippen molar-refractivity contribution in [2.24, 2.45) is 0 Å². The van der Waals surface area contributed by atoms with Crippen molar-refractivity contribution in [1.29, 1.82) is 0 Å². The number of aromatic nitrogens is 1. The van der Waals surface area contributed by atoms with E-state index in [9.17, 15) is 0 Å². The Hall–Kier alpha value is -1.03. The van der Waals surface area contributed by atoms with E-state index in [1.54, 1.807) is 6.20 Å². The van der Waals surface area contributed by atoms with Gasteiger partial charge in [-0.25, -0.2) is 4.98 Å². The fourth-order valence-corrected chi connectivity index (χ4v) is 1.83. The summed E-state index contributed by atoms with van der Waals surface area (Å²) >= 11 is 3.35. The van der Waals surface area contributed by atoms with Gasteiger partial charge in [0, 0.05) is 22.8 Å². The highest BCUT2D eigenvalue weighted by Gasteiger charge is 2.23. The van der Waals surface area contributed by atoms with Crippen LogP contribution in [0.2, 0.25) is 0 Å². The molecule has 0 aliphatic rings. The van der Waals surface area contributed by atoms with E-state index in [1.165, 1.54) is 0 Å². The second-order valence-electron chi connectivity index (χ2n) is 4.64. The minimum Gasteiger partial charge on any atom is -0.396 e. The maximum absolute atomic E-state index is 5.98. The molecular weight excluding hydrogens is 266 g/mol. The van der Waals surface area contributed by atoms with Crippen LogP contribution in [0.5, 0.6) is 0 Å². The molecule has 0 aliphatic carbocycles. The molecule has 0 radical (unpaired) electrons. The number of hydrogen-bond acceptors (Lipinski definition) is 3. The molecule has 0 fully saturated rings. The van der Waals surface area contributed by atoms with Crippen LogP contribution in [-0.2, 0) is 0 Å². The molecule has 0 saturated heterocycles. The summed E-state index contributed by atoms with van der Waals surface area (Å²) in [5.74, 6) is 0.801. The first-order chi connectivity index (χ1) is 7.36. The molecule has 0 bridgehead atoms. The fourth-order valence-electron chi connectivity index (χ4n) is 1.48. The third-order valence-corrected chi connectivity index (χ3v) is 2.67. The van der Waals surface area contributed by atoms with Crippen molar-refractivity contribution in [2.75, 3.05) is 17.2 Å². The maximum atomic E-state index is 5.98. The van der Waals surface area contributed by atoms with E-state index in [0.717, 1.165) is 16.8 Å². The third kappa shape index (κ3) is 2.98. The van der Waals surface area contributed by atoms with E-state index in [4.69, 9.17) is 5.73 Å². The van der Waals surface area contributed by atoms with Crippen molar-refractivity contribution in [3.8, 4) is 0 Å². The quantitative estimate of drug-likeness (QED) is 0.867. The van der Waals surface area contributed by atoms with Crippen molar-refractivity contribution in [1.82, 2.24) is 4.98 Å². The highest BCUT2D eigenvalue weighted by Crippen LogP contribution is 2.28. The van der Waals surface area contributed by atoms with E-state index < -0.39 is 0 Å². The van der Waals surface area contributed by atoms with E-state index in [2.05, 4.69) is 53.2 Å². The van der Waals surface area contributed by atoms with Gasteiger partial charge in [-0.1, -0.05) is 6.08 Å². The molecule has 0 unspecified atom stereocenters. The molecule has 2 N–H and O–H groups in total. The fraction of sp³-hybridized carbons (Fsp3) is 0.417. The van der Waals surface area contributed by atoms with Crippen molar-refractivity contribution in [3.63, 3.8) is 0 Å². The van der Waals surface area contributed by atoms with E-state index in [1.807, 2.05) is 12.1 Å². The smallest absolute Gasteiger partial charge is 0.152 e. The standard InChI is InChI=1S/C12H18BrN3/c1-5-6-16(12(2,3)4)11-10(14)7-9(13)8-15-11/h5,7-8H,1,6,14H2,2-4H3. The largest absolute Gasteiger partial charge is 0.396 e. The van der Waals surface area contributed by atoms with Crippen molar-refractivity contribution in [2.45, 2.75) is 26.3 Å². The number of hydrogen-bond donors (Lipinski definition) is 1. The van der Waals surface area contributed by atoms with Crippen LogP contribution < -0.4 is 10.6 Å². The predicted octanol–water partition coefficient (Wildman–Crippen LogP) is 3.22. The summed E-state index contributed by atoms with van der Waals surface area (Å²) < 4.78 is 0.890. The summed E-state index contributed by atoms with van der Waals surface area (Å²) in [6.45, 7) is 10.9. The molecule has 16 heavy (non-hydrogen) atoms. The molecule has 1 rings (SSSR count). The number of rotatable bonds is 3. The molecule has 1 heterocycles. The Kier molecular flexibility index (Phi) is 3.97. The van der Waals surface area contributed by atoms with Gasteiger partial charge in [-0.15, -0.1) is 6.58 Å².